The Morgan fingerprint density at radius 3 is 2.30 bits per heavy atom. The first-order chi connectivity index (χ1) is 15.1. The Balaban J connectivity index is 2.22. The van der Waals surface area contributed by atoms with Gasteiger partial charge in [-0.1, -0.05) is 32.9 Å². The first kappa shape index (κ1) is 28.2. The SMILES string of the molecule is CC(C)(C)[Si](C)(C)OCCN(CCN1CCS(O)(O)CC1)S(=O)(=O)c1ccccc1[N+](=O)[O-]. The Morgan fingerprint density at radius 2 is 1.76 bits per heavy atom. The molecule has 2 rings (SSSR count). The minimum atomic E-state index is -4.15. The van der Waals surface area contributed by atoms with Gasteiger partial charge in [0.2, 0.25) is 10.0 Å². The first-order valence-electron chi connectivity index (χ1n) is 10.9. The van der Waals surface area contributed by atoms with Crippen LogP contribution in [0.25, 0.3) is 0 Å². The number of para-hydroxylation sites is 1. The maximum Gasteiger partial charge on any atom is 0.289 e. The summed E-state index contributed by atoms with van der Waals surface area (Å²) in [5, 5.41) is 11.4. The molecule has 2 N–H and O–H groups in total. The zero-order valence-corrected chi connectivity index (χ0v) is 22.7. The first-order valence-corrected chi connectivity index (χ1v) is 17.1. The molecule has 1 aromatic carbocycles. The molecular formula is C20H37N3O7S2Si. The summed E-state index contributed by atoms with van der Waals surface area (Å²) in [7, 11) is -8.80. The predicted octanol–water partition coefficient (Wildman–Crippen LogP) is 3.67. The molecule has 190 valence electrons. The third-order valence-electron chi connectivity index (χ3n) is 6.42. The molecular weight excluding hydrogens is 486 g/mol. The molecule has 1 aromatic rings. The smallest absolute Gasteiger partial charge is 0.289 e. The summed E-state index contributed by atoms with van der Waals surface area (Å²) in [4.78, 5) is 12.4. The van der Waals surface area contributed by atoms with Gasteiger partial charge in [-0.3, -0.25) is 24.1 Å². The number of nitrogens with zero attached hydrogens (tertiary/aromatic N) is 3. The van der Waals surface area contributed by atoms with Gasteiger partial charge in [0.1, 0.15) is 0 Å². The van der Waals surface area contributed by atoms with Gasteiger partial charge in [-0.2, -0.15) is 14.9 Å². The molecule has 0 aromatic heterocycles. The van der Waals surface area contributed by atoms with Crippen molar-refractivity contribution in [3.63, 3.8) is 0 Å². The van der Waals surface area contributed by atoms with Crippen LogP contribution in [-0.4, -0.2) is 90.8 Å². The fourth-order valence-corrected chi connectivity index (χ4v) is 7.09. The summed E-state index contributed by atoms with van der Waals surface area (Å²) in [5.41, 5.74) is -0.459. The molecule has 0 bridgehead atoms. The fraction of sp³-hybridized carbons (Fsp3) is 0.700. The average molecular weight is 524 g/mol. The van der Waals surface area contributed by atoms with Crippen molar-refractivity contribution < 1.29 is 26.9 Å². The number of hydrogen-bond donors (Lipinski definition) is 2. The second-order valence-electron chi connectivity index (χ2n) is 9.79. The molecule has 1 fully saturated rings. The van der Waals surface area contributed by atoms with Gasteiger partial charge in [-0.25, -0.2) is 8.42 Å². The van der Waals surface area contributed by atoms with E-state index in [1.54, 1.807) is 0 Å². The Kier molecular flexibility index (Phi) is 9.12. The number of sulfonamides is 1. The molecule has 0 radical (unpaired) electrons. The zero-order valence-electron chi connectivity index (χ0n) is 20.1. The van der Waals surface area contributed by atoms with Gasteiger partial charge in [0.05, 0.1) is 16.4 Å². The Hall–Kier alpha value is -1.06. The molecule has 33 heavy (non-hydrogen) atoms. The highest BCUT2D eigenvalue weighted by Gasteiger charge is 2.38. The zero-order chi connectivity index (χ0) is 25.1. The van der Waals surface area contributed by atoms with Crippen molar-refractivity contribution in [3.05, 3.63) is 34.4 Å². The molecule has 0 atom stereocenters. The van der Waals surface area contributed by atoms with Crippen LogP contribution in [0, 0.1) is 10.1 Å². The molecule has 0 spiro atoms. The predicted molar refractivity (Wildman–Crippen MR) is 134 cm³/mol. The normalized spacial score (nSPS) is 18.9. The molecule has 1 aliphatic rings. The van der Waals surface area contributed by atoms with E-state index in [1.165, 1.54) is 28.6 Å². The van der Waals surface area contributed by atoms with Crippen molar-refractivity contribution in [2.24, 2.45) is 0 Å². The maximum atomic E-state index is 13.5. The third kappa shape index (κ3) is 7.46. The largest absolute Gasteiger partial charge is 0.415 e. The molecule has 10 nitrogen and oxygen atoms in total. The second kappa shape index (κ2) is 10.7. The van der Waals surface area contributed by atoms with Crippen LogP contribution in [0.15, 0.2) is 29.2 Å². The van der Waals surface area contributed by atoms with E-state index in [0.717, 1.165) is 0 Å². The lowest BCUT2D eigenvalue weighted by atomic mass is 10.2. The standard InChI is InChI=1S/C20H37N3O7S2Si/c1-20(2,3)33(4,5)30-15-12-22(11-10-21-13-16-31(26,27)17-14-21)32(28,29)19-9-7-6-8-18(19)23(24)25/h6-9,26-27H,10-17H2,1-5H3. The number of hydrogen-bond acceptors (Lipinski definition) is 8. The van der Waals surface area contributed by atoms with E-state index in [9.17, 15) is 27.6 Å². The summed E-state index contributed by atoms with van der Waals surface area (Å²) in [6, 6.07) is 5.35. The van der Waals surface area contributed by atoms with Crippen molar-refractivity contribution in [2.45, 2.75) is 43.8 Å². The molecule has 0 amide bonds. The van der Waals surface area contributed by atoms with Crippen LogP contribution in [0.5, 0.6) is 0 Å². The van der Waals surface area contributed by atoms with Crippen LogP contribution in [0.1, 0.15) is 20.8 Å². The lowest BCUT2D eigenvalue weighted by Gasteiger charge is -2.41. The third-order valence-corrected chi connectivity index (χ3v) is 14.6. The topological polar surface area (TPSA) is 133 Å². The van der Waals surface area contributed by atoms with E-state index in [1.807, 2.05) is 4.90 Å². The van der Waals surface area contributed by atoms with Gasteiger partial charge in [0.25, 0.3) is 5.69 Å². The van der Waals surface area contributed by atoms with Crippen LogP contribution in [-0.2, 0) is 14.4 Å². The Labute approximate surface area is 199 Å². The van der Waals surface area contributed by atoms with Crippen LogP contribution in [0.2, 0.25) is 18.1 Å². The lowest BCUT2D eigenvalue weighted by molar-refractivity contribution is -0.387. The Morgan fingerprint density at radius 1 is 1.18 bits per heavy atom. The number of nitro groups is 1. The summed E-state index contributed by atoms with van der Waals surface area (Å²) in [6.45, 7) is 12.2. The van der Waals surface area contributed by atoms with Gasteiger partial charge in [0, 0.05) is 45.4 Å². The molecule has 1 heterocycles. The summed E-state index contributed by atoms with van der Waals surface area (Å²) < 4.78 is 54.0. The molecule has 13 heteroatoms. The van der Waals surface area contributed by atoms with E-state index in [0.29, 0.717) is 19.6 Å². The van der Waals surface area contributed by atoms with Crippen molar-refractivity contribution in [2.75, 3.05) is 50.8 Å². The quantitative estimate of drug-likeness (QED) is 0.270. The van der Waals surface area contributed by atoms with Gasteiger partial charge in [-0.05, 0) is 24.2 Å². The van der Waals surface area contributed by atoms with Crippen molar-refractivity contribution in [1.29, 1.82) is 0 Å². The highest BCUT2D eigenvalue weighted by molar-refractivity contribution is 8.24. The molecule has 0 aliphatic carbocycles. The van der Waals surface area contributed by atoms with E-state index in [-0.39, 0.29) is 41.1 Å². The second-order valence-corrected chi connectivity index (χ2v) is 18.9. The van der Waals surface area contributed by atoms with Crippen molar-refractivity contribution in [1.82, 2.24) is 9.21 Å². The van der Waals surface area contributed by atoms with Gasteiger partial charge >= 0.3 is 0 Å². The van der Waals surface area contributed by atoms with Crippen LogP contribution in [0.3, 0.4) is 0 Å². The molecule has 1 saturated heterocycles. The summed E-state index contributed by atoms with van der Waals surface area (Å²) >= 11 is 0. The van der Waals surface area contributed by atoms with E-state index >= 15 is 0 Å². The molecule has 0 saturated carbocycles. The van der Waals surface area contributed by atoms with Gasteiger partial charge in [0.15, 0.2) is 13.2 Å². The highest BCUT2D eigenvalue weighted by Crippen LogP contribution is 2.40. The monoisotopic (exact) mass is 523 g/mol. The van der Waals surface area contributed by atoms with E-state index in [4.69, 9.17) is 4.43 Å². The summed E-state index contributed by atoms with van der Waals surface area (Å²) in [5.74, 6) is 0.525. The molecule has 1 aliphatic heterocycles. The van der Waals surface area contributed by atoms with Crippen molar-refractivity contribution >= 4 is 34.6 Å². The fourth-order valence-electron chi connectivity index (χ4n) is 3.18. The average Bonchev–Trinajstić information content (AvgIpc) is 2.70. The minimum Gasteiger partial charge on any atom is -0.415 e. The van der Waals surface area contributed by atoms with Crippen LogP contribution in [0.4, 0.5) is 5.69 Å². The van der Waals surface area contributed by atoms with Crippen LogP contribution < -0.4 is 0 Å². The van der Waals surface area contributed by atoms with E-state index < -0.39 is 39.5 Å². The lowest BCUT2D eigenvalue weighted by Crippen LogP contribution is -2.46. The number of benzene rings is 1. The number of rotatable bonds is 10. The van der Waals surface area contributed by atoms with Crippen LogP contribution >= 0.6 is 10.6 Å². The minimum absolute atomic E-state index is 0.0356. The molecule has 0 unspecified atom stereocenters. The van der Waals surface area contributed by atoms with Gasteiger partial charge < -0.3 is 4.43 Å². The van der Waals surface area contributed by atoms with Gasteiger partial charge in [-0.15, -0.1) is 0 Å². The highest BCUT2D eigenvalue weighted by atomic mass is 32.3. The summed E-state index contributed by atoms with van der Waals surface area (Å²) in [6.07, 6.45) is 0. The maximum absolute atomic E-state index is 13.5. The van der Waals surface area contributed by atoms with E-state index in [2.05, 4.69) is 33.9 Å². The van der Waals surface area contributed by atoms with Crippen molar-refractivity contribution in [3.8, 4) is 0 Å². The Bertz CT molecular complexity index is 926. The number of nitro benzene ring substituents is 1.